The second-order valence-corrected chi connectivity index (χ2v) is 7.67. The summed E-state index contributed by atoms with van der Waals surface area (Å²) in [5.74, 6) is -1.38. The van der Waals surface area contributed by atoms with Crippen LogP contribution < -0.4 is 11.5 Å². The van der Waals surface area contributed by atoms with Gasteiger partial charge in [0.25, 0.3) is 0 Å². The van der Waals surface area contributed by atoms with E-state index in [1.807, 2.05) is 11.8 Å². The van der Waals surface area contributed by atoms with Gasteiger partial charge in [-0.2, -0.15) is 12.6 Å². The highest BCUT2D eigenvalue weighted by Crippen LogP contribution is 2.44. The lowest BCUT2D eigenvalue weighted by atomic mass is 9.83. The number of benzene rings is 1. The Kier molecular flexibility index (Phi) is 7.21. The predicted octanol–water partition coefficient (Wildman–Crippen LogP) is 2.23. The van der Waals surface area contributed by atoms with E-state index in [1.54, 1.807) is 6.07 Å². The summed E-state index contributed by atoms with van der Waals surface area (Å²) in [5.41, 5.74) is 12.2. The number of primary amides is 1. The Balaban J connectivity index is 2.43. The quantitative estimate of drug-likeness (QED) is 0.506. The third-order valence-corrected chi connectivity index (χ3v) is 6.32. The summed E-state index contributed by atoms with van der Waals surface area (Å²) in [6.07, 6.45) is 0.653. The zero-order valence-corrected chi connectivity index (χ0v) is 16.8. The van der Waals surface area contributed by atoms with Crippen molar-refractivity contribution in [2.45, 2.75) is 31.3 Å². The molecule has 0 saturated carbocycles. The van der Waals surface area contributed by atoms with Gasteiger partial charge in [0.05, 0.1) is 15.6 Å². The average molecular weight is 420 g/mol. The fourth-order valence-electron chi connectivity index (χ4n) is 3.76. The van der Waals surface area contributed by atoms with E-state index in [0.717, 1.165) is 5.56 Å². The molecule has 1 fully saturated rings. The van der Waals surface area contributed by atoms with Gasteiger partial charge in [0.2, 0.25) is 5.91 Å². The van der Waals surface area contributed by atoms with Gasteiger partial charge in [-0.25, -0.2) is 0 Å². The topological polar surface area (TPSA) is 110 Å². The number of halogens is 2. The second-order valence-electron chi connectivity index (χ2n) is 6.55. The Hall–Kier alpha value is -0.990. The van der Waals surface area contributed by atoms with Gasteiger partial charge >= 0.3 is 5.97 Å². The number of carboxylic acid groups (broad SMARTS) is 1. The number of carboxylic acids is 1. The average Bonchev–Trinajstić information content (AvgIpc) is 2.94. The molecule has 1 aliphatic heterocycles. The molecule has 1 amide bonds. The van der Waals surface area contributed by atoms with E-state index in [1.165, 1.54) is 6.07 Å². The minimum atomic E-state index is -0.887. The number of carbonyl (C=O) groups is 2. The van der Waals surface area contributed by atoms with Crippen molar-refractivity contribution in [3.8, 4) is 0 Å². The van der Waals surface area contributed by atoms with Crippen molar-refractivity contribution < 1.29 is 14.7 Å². The summed E-state index contributed by atoms with van der Waals surface area (Å²) < 4.78 is 0. The van der Waals surface area contributed by atoms with Crippen molar-refractivity contribution in [2.75, 3.05) is 18.8 Å². The van der Waals surface area contributed by atoms with Gasteiger partial charge in [0, 0.05) is 30.8 Å². The molecule has 2 rings (SSSR count). The lowest BCUT2D eigenvalue weighted by Crippen LogP contribution is -2.46. The molecule has 5 N–H and O–H groups in total. The molecule has 1 aliphatic rings. The number of aliphatic carboxylic acids is 1. The zero-order chi connectivity index (χ0) is 19.6. The molecule has 0 aliphatic carbocycles. The molecular weight excluding hydrogens is 397 g/mol. The van der Waals surface area contributed by atoms with Crippen molar-refractivity contribution in [2.24, 2.45) is 17.4 Å². The van der Waals surface area contributed by atoms with E-state index in [-0.39, 0.29) is 33.5 Å². The maximum absolute atomic E-state index is 11.9. The van der Waals surface area contributed by atoms with Crippen molar-refractivity contribution in [3.05, 3.63) is 33.3 Å². The predicted molar refractivity (Wildman–Crippen MR) is 106 cm³/mol. The van der Waals surface area contributed by atoms with Crippen LogP contribution in [-0.4, -0.2) is 52.8 Å². The van der Waals surface area contributed by atoms with Crippen LogP contribution >= 0.6 is 35.8 Å². The molecule has 0 unspecified atom stereocenters. The van der Waals surface area contributed by atoms with Gasteiger partial charge in [-0.1, -0.05) is 42.6 Å². The summed E-state index contributed by atoms with van der Waals surface area (Å²) in [6, 6.07) is 2.35. The minimum Gasteiger partial charge on any atom is -0.480 e. The number of nitrogens with zero attached hydrogens (tertiary/aromatic N) is 1. The van der Waals surface area contributed by atoms with Crippen LogP contribution in [0.1, 0.15) is 35.2 Å². The first kappa shape index (κ1) is 21.3. The number of hydrogen-bond acceptors (Lipinski definition) is 5. The largest absolute Gasteiger partial charge is 0.480 e. The molecule has 0 spiro atoms. The van der Waals surface area contributed by atoms with E-state index in [9.17, 15) is 14.7 Å². The number of amides is 1. The van der Waals surface area contributed by atoms with Crippen LogP contribution in [0, 0.1) is 5.92 Å². The number of hydrogen-bond donors (Lipinski definition) is 4. The molecule has 6 nitrogen and oxygen atoms in total. The zero-order valence-electron chi connectivity index (χ0n) is 14.4. The normalized spacial score (nSPS) is 24.6. The van der Waals surface area contributed by atoms with E-state index in [0.29, 0.717) is 25.3 Å². The molecule has 1 saturated heterocycles. The first-order valence-electron chi connectivity index (χ1n) is 8.33. The smallest absolute Gasteiger partial charge is 0.321 e. The number of thiol groups is 1. The SMILES string of the molecule is CC[C@H]1[C@@H](C(=O)O)N(C[C@@H](N)CS)C[C@H]1c1ccc(C(N)=O)c(Cl)c1Cl. The first-order valence-corrected chi connectivity index (χ1v) is 9.72. The van der Waals surface area contributed by atoms with Gasteiger partial charge < -0.3 is 16.6 Å². The number of nitrogens with two attached hydrogens (primary N) is 2. The molecule has 1 heterocycles. The molecule has 9 heteroatoms. The van der Waals surface area contributed by atoms with Crippen molar-refractivity contribution in [3.63, 3.8) is 0 Å². The Labute approximate surface area is 168 Å². The van der Waals surface area contributed by atoms with Crippen molar-refractivity contribution in [1.29, 1.82) is 0 Å². The third-order valence-electron chi connectivity index (χ3n) is 4.95. The molecule has 144 valence electrons. The monoisotopic (exact) mass is 419 g/mol. The summed E-state index contributed by atoms with van der Waals surface area (Å²) in [4.78, 5) is 25.2. The van der Waals surface area contributed by atoms with E-state index in [2.05, 4.69) is 12.6 Å². The Morgan fingerprint density at radius 2 is 2.04 bits per heavy atom. The molecule has 4 atom stereocenters. The maximum Gasteiger partial charge on any atom is 0.321 e. The second kappa shape index (κ2) is 8.80. The highest BCUT2D eigenvalue weighted by molar-refractivity contribution is 7.80. The Bertz CT molecular complexity index is 704. The van der Waals surface area contributed by atoms with Gasteiger partial charge in [-0.15, -0.1) is 0 Å². The van der Waals surface area contributed by atoms with Crippen LogP contribution in [0.3, 0.4) is 0 Å². The van der Waals surface area contributed by atoms with Gasteiger partial charge in [-0.05, 0) is 17.5 Å². The summed E-state index contributed by atoms with van der Waals surface area (Å²) in [5, 5.41) is 10.1. The highest BCUT2D eigenvalue weighted by Gasteiger charge is 2.46. The first-order chi connectivity index (χ1) is 12.2. The van der Waals surface area contributed by atoms with Gasteiger partial charge in [0.1, 0.15) is 6.04 Å². The lowest BCUT2D eigenvalue weighted by Gasteiger charge is -2.26. The summed E-state index contributed by atoms with van der Waals surface area (Å²) in [6.45, 7) is 2.87. The Morgan fingerprint density at radius 3 is 2.54 bits per heavy atom. The summed E-state index contributed by atoms with van der Waals surface area (Å²) >= 11 is 16.8. The third kappa shape index (κ3) is 4.12. The minimum absolute atomic E-state index is 0.101. The lowest BCUT2D eigenvalue weighted by molar-refractivity contribution is -0.143. The van der Waals surface area contributed by atoms with Crippen LogP contribution in [0.2, 0.25) is 10.0 Å². The molecule has 1 aromatic carbocycles. The summed E-state index contributed by atoms with van der Waals surface area (Å²) in [7, 11) is 0. The van der Waals surface area contributed by atoms with E-state index in [4.69, 9.17) is 34.7 Å². The van der Waals surface area contributed by atoms with Crippen LogP contribution in [0.25, 0.3) is 0 Å². The Morgan fingerprint density at radius 1 is 1.38 bits per heavy atom. The standard InChI is InChI=1S/C17H23Cl2N3O3S/c1-2-9-12(6-22(5-8(20)7-26)15(9)17(24)25)10-3-4-11(16(21)23)14(19)13(10)18/h3-4,8-9,12,15,26H,2,5-7,20H2,1H3,(H2,21,23)(H,24,25)/t8-,9-,12-,15+/m1/s1. The fourth-order valence-corrected chi connectivity index (χ4v) is 4.44. The molecule has 0 radical (unpaired) electrons. The molecule has 26 heavy (non-hydrogen) atoms. The number of carbonyl (C=O) groups excluding carboxylic acids is 1. The van der Waals surface area contributed by atoms with Gasteiger partial charge in [0.15, 0.2) is 0 Å². The molecule has 1 aromatic rings. The molecule has 0 aromatic heterocycles. The fraction of sp³-hybridized carbons (Fsp3) is 0.529. The molecular formula is C17H23Cl2N3O3S. The van der Waals surface area contributed by atoms with Crippen LogP contribution in [0.15, 0.2) is 12.1 Å². The van der Waals surface area contributed by atoms with Crippen LogP contribution in [0.5, 0.6) is 0 Å². The van der Waals surface area contributed by atoms with Gasteiger partial charge in [-0.3, -0.25) is 14.5 Å². The van der Waals surface area contributed by atoms with Crippen molar-refractivity contribution >= 4 is 47.7 Å². The van der Waals surface area contributed by atoms with Crippen molar-refractivity contribution in [1.82, 2.24) is 4.90 Å². The van der Waals surface area contributed by atoms with Crippen LogP contribution in [-0.2, 0) is 4.79 Å². The number of rotatable bonds is 7. The van der Waals surface area contributed by atoms with E-state index >= 15 is 0 Å². The van der Waals surface area contributed by atoms with Crippen LogP contribution in [0.4, 0.5) is 0 Å². The highest BCUT2D eigenvalue weighted by atomic mass is 35.5. The number of likely N-dealkylation sites (tertiary alicyclic amines) is 1. The van der Waals surface area contributed by atoms with E-state index < -0.39 is 17.9 Å². The maximum atomic E-state index is 11.9. The molecule has 0 bridgehead atoms.